The standard InChI is InChI=1S/C14H19N5O3/c1-22-13-4-2-10(3-5-13)7-19-14(15-16-17-19)18-8-12(21)6-11(18)9-20/h2-5,11-12,20-21H,6-9H2,1H3/t11-,12+/m0/s1. The Hall–Kier alpha value is -2.19. The van der Waals surface area contributed by atoms with Gasteiger partial charge < -0.3 is 19.8 Å². The average Bonchev–Trinajstić information content (AvgIpc) is 3.13. The molecule has 22 heavy (non-hydrogen) atoms. The molecule has 3 rings (SSSR count). The molecule has 1 aromatic carbocycles. The number of anilines is 1. The Morgan fingerprint density at radius 3 is 2.77 bits per heavy atom. The zero-order valence-corrected chi connectivity index (χ0v) is 12.3. The second-order valence-corrected chi connectivity index (χ2v) is 5.36. The lowest BCUT2D eigenvalue weighted by atomic mass is 10.2. The number of hydrogen-bond acceptors (Lipinski definition) is 7. The van der Waals surface area contributed by atoms with Crippen LogP contribution in [0.2, 0.25) is 0 Å². The van der Waals surface area contributed by atoms with E-state index in [0.29, 0.717) is 25.5 Å². The lowest BCUT2D eigenvalue weighted by Crippen LogP contribution is -2.34. The van der Waals surface area contributed by atoms with Gasteiger partial charge in [0, 0.05) is 6.54 Å². The molecule has 0 radical (unpaired) electrons. The Kier molecular flexibility index (Phi) is 4.21. The largest absolute Gasteiger partial charge is 0.497 e. The number of methoxy groups -OCH3 is 1. The number of nitrogens with zero attached hydrogens (tertiary/aromatic N) is 5. The number of rotatable bonds is 5. The first-order valence-electron chi connectivity index (χ1n) is 7.16. The van der Waals surface area contributed by atoms with Crippen LogP contribution in [0.15, 0.2) is 24.3 Å². The van der Waals surface area contributed by atoms with E-state index in [1.165, 1.54) is 0 Å². The molecule has 118 valence electrons. The van der Waals surface area contributed by atoms with Crippen molar-refractivity contribution in [2.24, 2.45) is 0 Å². The van der Waals surface area contributed by atoms with Crippen LogP contribution in [0.3, 0.4) is 0 Å². The summed E-state index contributed by atoms with van der Waals surface area (Å²) in [4.78, 5) is 1.86. The lowest BCUT2D eigenvalue weighted by molar-refractivity contribution is 0.184. The number of tetrazole rings is 1. The van der Waals surface area contributed by atoms with Gasteiger partial charge in [-0.25, -0.2) is 4.68 Å². The fraction of sp³-hybridized carbons (Fsp3) is 0.500. The van der Waals surface area contributed by atoms with Crippen LogP contribution >= 0.6 is 0 Å². The monoisotopic (exact) mass is 305 g/mol. The Balaban J connectivity index is 1.79. The maximum Gasteiger partial charge on any atom is 0.246 e. The smallest absolute Gasteiger partial charge is 0.246 e. The van der Waals surface area contributed by atoms with Crippen molar-refractivity contribution in [3.63, 3.8) is 0 Å². The van der Waals surface area contributed by atoms with Crippen molar-refractivity contribution in [3.8, 4) is 5.75 Å². The van der Waals surface area contributed by atoms with Gasteiger partial charge in [-0.2, -0.15) is 0 Å². The first-order valence-corrected chi connectivity index (χ1v) is 7.16. The molecule has 8 nitrogen and oxygen atoms in total. The molecule has 8 heteroatoms. The van der Waals surface area contributed by atoms with Gasteiger partial charge in [0.2, 0.25) is 5.95 Å². The number of aliphatic hydroxyl groups excluding tert-OH is 2. The molecule has 1 fully saturated rings. The lowest BCUT2D eigenvalue weighted by Gasteiger charge is -2.22. The molecule has 0 aliphatic carbocycles. The number of benzene rings is 1. The summed E-state index contributed by atoms with van der Waals surface area (Å²) in [6, 6.07) is 7.51. The Labute approximate surface area is 127 Å². The van der Waals surface area contributed by atoms with Crippen molar-refractivity contribution < 1.29 is 14.9 Å². The normalized spacial score (nSPS) is 21.3. The molecule has 1 aliphatic rings. The summed E-state index contributed by atoms with van der Waals surface area (Å²) in [6.07, 6.45) is 0.0506. The van der Waals surface area contributed by atoms with E-state index in [0.717, 1.165) is 11.3 Å². The van der Waals surface area contributed by atoms with E-state index in [1.54, 1.807) is 11.8 Å². The molecule has 0 amide bonds. The number of aliphatic hydroxyl groups is 2. The Morgan fingerprint density at radius 2 is 2.09 bits per heavy atom. The van der Waals surface area contributed by atoms with Crippen molar-refractivity contribution >= 4 is 5.95 Å². The summed E-state index contributed by atoms with van der Waals surface area (Å²) < 4.78 is 6.81. The minimum absolute atomic E-state index is 0.0353. The van der Waals surface area contributed by atoms with E-state index >= 15 is 0 Å². The Bertz CT molecular complexity index is 615. The van der Waals surface area contributed by atoms with Crippen LogP contribution in [-0.2, 0) is 6.54 Å². The molecule has 1 aliphatic heterocycles. The van der Waals surface area contributed by atoms with E-state index in [1.807, 2.05) is 29.2 Å². The highest BCUT2D eigenvalue weighted by Crippen LogP contribution is 2.24. The molecule has 2 atom stereocenters. The molecule has 2 heterocycles. The van der Waals surface area contributed by atoms with Gasteiger partial charge in [-0.05, 0) is 34.5 Å². The van der Waals surface area contributed by atoms with Gasteiger partial charge in [0.15, 0.2) is 0 Å². The third-order valence-electron chi connectivity index (χ3n) is 3.86. The number of ether oxygens (including phenoxy) is 1. The number of β-amino-alcohol motifs (C(OH)–C–C–N with tert-alkyl or cyclic N) is 1. The maximum atomic E-state index is 9.79. The van der Waals surface area contributed by atoms with Crippen molar-refractivity contribution in [3.05, 3.63) is 29.8 Å². The van der Waals surface area contributed by atoms with Gasteiger partial charge in [0.05, 0.1) is 32.4 Å². The van der Waals surface area contributed by atoms with Crippen LogP contribution in [-0.4, -0.2) is 62.8 Å². The highest BCUT2D eigenvalue weighted by atomic mass is 16.5. The summed E-state index contributed by atoms with van der Waals surface area (Å²) in [6.45, 7) is 0.901. The summed E-state index contributed by atoms with van der Waals surface area (Å²) in [5.74, 6) is 1.36. The molecule has 1 aromatic heterocycles. The van der Waals surface area contributed by atoms with Crippen LogP contribution < -0.4 is 9.64 Å². The van der Waals surface area contributed by atoms with Gasteiger partial charge in [-0.1, -0.05) is 17.2 Å². The highest BCUT2D eigenvalue weighted by molar-refractivity contribution is 5.35. The van der Waals surface area contributed by atoms with E-state index in [-0.39, 0.29) is 12.6 Å². The fourth-order valence-corrected chi connectivity index (χ4v) is 2.72. The Morgan fingerprint density at radius 1 is 1.32 bits per heavy atom. The first-order chi connectivity index (χ1) is 10.7. The molecule has 0 spiro atoms. The summed E-state index contributed by atoms with van der Waals surface area (Å²) in [5.41, 5.74) is 1.04. The van der Waals surface area contributed by atoms with Crippen LogP contribution in [0, 0.1) is 0 Å². The summed E-state index contributed by atoms with van der Waals surface area (Å²) >= 11 is 0. The van der Waals surface area contributed by atoms with Crippen LogP contribution in [0.5, 0.6) is 5.75 Å². The topological polar surface area (TPSA) is 96.5 Å². The SMILES string of the molecule is COc1ccc(Cn2nnnc2N2C[C@H](O)C[C@H]2CO)cc1. The second-order valence-electron chi connectivity index (χ2n) is 5.36. The fourth-order valence-electron chi connectivity index (χ4n) is 2.72. The first kappa shape index (κ1) is 14.7. The summed E-state index contributed by atoms with van der Waals surface area (Å²) in [5, 5.41) is 31.0. The van der Waals surface area contributed by atoms with E-state index < -0.39 is 6.10 Å². The minimum atomic E-state index is -0.469. The van der Waals surface area contributed by atoms with Crippen molar-refractivity contribution in [1.29, 1.82) is 0 Å². The van der Waals surface area contributed by atoms with Gasteiger partial charge in [-0.3, -0.25) is 0 Å². The van der Waals surface area contributed by atoms with E-state index in [2.05, 4.69) is 15.5 Å². The van der Waals surface area contributed by atoms with Crippen LogP contribution in [0.1, 0.15) is 12.0 Å². The van der Waals surface area contributed by atoms with Gasteiger partial charge >= 0.3 is 0 Å². The molecular weight excluding hydrogens is 286 g/mol. The van der Waals surface area contributed by atoms with Gasteiger partial charge in [-0.15, -0.1) is 0 Å². The highest BCUT2D eigenvalue weighted by Gasteiger charge is 2.33. The molecule has 0 saturated carbocycles. The predicted molar refractivity (Wildman–Crippen MR) is 78.8 cm³/mol. The molecular formula is C14H19N5O3. The third-order valence-corrected chi connectivity index (χ3v) is 3.86. The maximum absolute atomic E-state index is 9.79. The molecule has 0 unspecified atom stereocenters. The minimum Gasteiger partial charge on any atom is -0.497 e. The van der Waals surface area contributed by atoms with E-state index in [4.69, 9.17) is 4.74 Å². The molecule has 1 saturated heterocycles. The van der Waals surface area contributed by atoms with Crippen LogP contribution in [0.25, 0.3) is 0 Å². The average molecular weight is 305 g/mol. The van der Waals surface area contributed by atoms with Gasteiger partial charge in [0.1, 0.15) is 5.75 Å². The quantitative estimate of drug-likeness (QED) is 0.780. The number of aromatic nitrogens is 4. The predicted octanol–water partition coefficient (Wildman–Crippen LogP) is -0.338. The molecule has 2 N–H and O–H groups in total. The van der Waals surface area contributed by atoms with Gasteiger partial charge in [0.25, 0.3) is 0 Å². The second kappa shape index (κ2) is 6.29. The summed E-state index contributed by atoms with van der Waals surface area (Å²) in [7, 11) is 1.63. The third kappa shape index (κ3) is 2.88. The molecule has 2 aromatic rings. The zero-order valence-electron chi connectivity index (χ0n) is 12.3. The van der Waals surface area contributed by atoms with Crippen molar-refractivity contribution in [1.82, 2.24) is 20.2 Å². The number of hydrogen-bond donors (Lipinski definition) is 2. The van der Waals surface area contributed by atoms with Crippen molar-refractivity contribution in [2.45, 2.75) is 25.1 Å². The van der Waals surface area contributed by atoms with Crippen molar-refractivity contribution in [2.75, 3.05) is 25.2 Å². The van der Waals surface area contributed by atoms with Crippen LogP contribution in [0.4, 0.5) is 5.95 Å². The van der Waals surface area contributed by atoms with E-state index in [9.17, 15) is 10.2 Å². The molecule has 0 bridgehead atoms. The zero-order chi connectivity index (χ0) is 15.5.